The fourth-order valence-corrected chi connectivity index (χ4v) is 2.40. The molecular formula is C15H15BrN4O4. The van der Waals surface area contributed by atoms with Crippen molar-refractivity contribution in [3.63, 3.8) is 0 Å². The van der Waals surface area contributed by atoms with Crippen molar-refractivity contribution >= 4 is 33.4 Å². The van der Waals surface area contributed by atoms with Crippen LogP contribution in [0, 0.1) is 6.92 Å². The van der Waals surface area contributed by atoms with Gasteiger partial charge in [0.1, 0.15) is 6.54 Å². The molecule has 0 unspecified atom stereocenters. The average Bonchev–Trinajstić information content (AvgIpc) is 2.52. The van der Waals surface area contributed by atoms with Crippen LogP contribution < -0.4 is 21.8 Å². The van der Waals surface area contributed by atoms with Gasteiger partial charge >= 0.3 is 0 Å². The van der Waals surface area contributed by atoms with E-state index in [-0.39, 0.29) is 13.1 Å². The molecule has 24 heavy (non-hydrogen) atoms. The fourth-order valence-electron chi connectivity index (χ4n) is 1.92. The number of halogens is 1. The van der Waals surface area contributed by atoms with Gasteiger partial charge in [-0.25, -0.2) is 4.68 Å². The summed E-state index contributed by atoms with van der Waals surface area (Å²) >= 11 is 3.33. The highest BCUT2D eigenvalue weighted by Gasteiger charge is 2.09. The molecule has 1 heterocycles. The summed E-state index contributed by atoms with van der Waals surface area (Å²) in [5.74, 6) is -0.968. The lowest BCUT2D eigenvalue weighted by Crippen LogP contribution is -2.39. The SMILES string of the molecule is Cc1cc(Br)ccc1NC(=O)CNC(=O)Cn1[nH]c(=O)ccc1=O. The quantitative estimate of drug-likeness (QED) is 0.679. The van der Waals surface area contributed by atoms with Crippen LogP contribution in [0.3, 0.4) is 0 Å². The summed E-state index contributed by atoms with van der Waals surface area (Å²) in [6.45, 7) is 1.22. The van der Waals surface area contributed by atoms with Gasteiger partial charge in [-0.15, -0.1) is 0 Å². The third-order valence-electron chi connectivity index (χ3n) is 3.10. The zero-order valence-electron chi connectivity index (χ0n) is 12.8. The maximum atomic E-state index is 11.9. The molecule has 0 fully saturated rings. The number of carbonyl (C=O) groups is 2. The molecule has 0 aliphatic rings. The fraction of sp³-hybridized carbons (Fsp3) is 0.200. The summed E-state index contributed by atoms with van der Waals surface area (Å²) < 4.78 is 1.77. The number of rotatable bonds is 5. The number of hydrogen-bond acceptors (Lipinski definition) is 4. The monoisotopic (exact) mass is 394 g/mol. The van der Waals surface area contributed by atoms with E-state index in [1.54, 1.807) is 12.1 Å². The molecule has 0 aliphatic carbocycles. The van der Waals surface area contributed by atoms with Gasteiger partial charge in [-0.2, -0.15) is 0 Å². The van der Waals surface area contributed by atoms with E-state index in [0.717, 1.165) is 26.9 Å². The van der Waals surface area contributed by atoms with Crippen LogP contribution in [0.15, 0.2) is 44.4 Å². The maximum absolute atomic E-state index is 11.9. The molecule has 0 spiro atoms. The van der Waals surface area contributed by atoms with Crippen molar-refractivity contribution < 1.29 is 9.59 Å². The lowest BCUT2D eigenvalue weighted by molar-refractivity contribution is -0.124. The molecule has 126 valence electrons. The van der Waals surface area contributed by atoms with Crippen LogP contribution in [0.5, 0.6) is 0 Å². The van der Waals surface area contributed by atoms with E-state index in [4.69, 9.17) is 0 Å². The molecule has 3 N–H and O–H groups in total. The second-order valence-corrected chi connectivity index (χ2v) is 5.93. The third-order valence-corrected chi connectivity index (χ3v) is 3.59. The Morgan fingerprint density at radius 1 is 1.17 bits per heavy atom. The Morgan fingerprint density at radius 3 is 2.62 bits per heavy atom. The van der Waals surface area contributed by atoms with Crippen LogP contribution in [0.1, 0.15) is 5.56 Å². The van der Waals surface area contributed by atoms with Gasteiger partial charge in [0.2, 0.25) is 11.8 Å². The van der Waals surface area contributed by atoms with Crippen molar-refractivity contribution in [2.24, 2.45) is 0 Å². The number of hydrogen-bond donors (Lipinski definition) is 3. The summed E-state index contributed by atoms with van der Waals surface area (Å²) in [5.41, 5.74) is 0.504. The summed E-state index contributed by atoms with van der Waals surface area (Å²) in [6.07, 6.45) is 0. The van der Waals surface area contributed by atoms with Crippen LogP contribution in [0.2, 0.25) is 0 Å². The lowest BCUT2D eigenvalue weighted by Gasteiger charge is -2.10. The number of aryl methyl sites for hydroxylation is 1. The molecule has 0 saturated heterocycles. The Kier molecular flexibility index (Phi) is 5.69. The minimum atomic E-state index is -0.568. The number of H-pyrrole nitrogens is 1. The zero-order valence-corrected chi connectivity index (χ0v) is 14.3. The van der Waals surface area contributed by atoms with Crippen LogP contribution in [0.25, 0.3) is 0 Å². The number of benzene rings is 1. The Labute approximate surface area is 145 Å². The third kappa shape index (κ3) is 4.92. The van der Waals surface area contributed by atoms with Gasteiger partial charge in [-0.1, -0.05) is 15.9 Å². The van der Waals surface area contributed by atoms with Crippen molar-refractivity contribution in [1.82, 2.24) is 15.1 Å². The van der Waals surface area contributed by atoms with Gasteiger partial charge in [0.05, 0.1) is 6.54 Å². The molecule has 2 aromatic rings. The molecule has 0 radical (unpaired) electrons. The predicted molar refractivity (Wildman–Crippen MR) is 91.8 cm³/mol. The Hall–Kier alpha value is -2.68. The smallest absolute Gasteiger partial charge is 0.265 e. The van der Waals surface area contributed by atoms with E-state index < -0.39 is 22.9 Å². The first kappa shape index (κ1) is 17.7. The van der Waals surface area contributed by atoms with E-state index >= 15 is 0 Å². The first-order chi connectivity index (χ1) is 11.3. The molecule has 9 heteroatoms. The molecule has 0 saturated carbocycles. The number of anilines is 1. The van der Waals surface area contributed by atoms with Crippen molar-refractivity contribution in [2.75, 3.05) is 11.9 Å². The number of aromatic amines is 1. The van der Waals surface area contributed by atoms with E-state index in [1.165, 1.54) is 0 Å². The van der Waals surface area contributed by atoms with Gasteiger partial charge in [-0.05, 0) is 30.7 Å². The molecule has 8 nitrogen and oxygen atoms in total. The number of nitrogens with zero attached hydrogens (tertiary/aromatic N) is 1. The lowest BCUT2D eigenvalue weighted by atomic mass is 10.2. The van der Waals surface area contributed by atoms with Crippen molar-refractivity contribution in [2.45, 2.75) is 13.5 Å². The van der Waals surface area contributed by atoms with Crippen LogP contribution in [0.4, 0.5) is 5.69 Å². The standard InChI is InChI=1S/C15H15BrN4O4/c1-9-6-10(16)2-3-11(9)18-13(22)7-17-14(23)8-20-15(24)5-4-12(21)19-20/h2-6H,7-8H2,1H3,(H,17,23)(H,18,22)(H,19,21). The minimum Gasteiger partial charge on any atom is -0.345 e. The molecule has 0 bridgehead atoms. The van der Waals surface area contributed by atoms with Crippen molar-refractivity contribution in [1.29, 1.82) is 0 Å². The van der Waals surface area contributed by atoms with Gasteiger partial charge in [0, 0.05) is 22.3 Å². The van der Waals surface area contributed by atoms with Crippen molar-refractivity contribution in [3.05, 3.63) is 61.1 Å². The largest absolute Gasteiger partial charge is 0.345 e. The molecular weight excluding hydrogens is 380 g/mol. The minimum absolute atomic E-state index is 0.250. The summed E-state index contributed by atoms with van der Waals surface area (Å²) in [5, 5.41) is 7.29. The van der Waals surface area contributed by atoms with E-state index in [1.807, 2.05) is 13.0 Å². The number of aromatic nitrogens is 2. The summed E-state index contributed by atoms with van der Waals surface area (Å²) in [4.78, 5) is 46.2. The van der Waals surface area contributed by atoms with E-state index in [2.05, 4.69) is 31.7 Å². The molecule has 2 amide bonds. The second-order valence-electron chi connectivity index (χ2n) is 5.02. The number of amides is 2. The Bertz CT molecular complexity index is 888. The Balaban J connectivity index is 1.89. The molecule has 1 aromatic heterocycles. The number of carbonyl (C=O) groups excluding carboxylic acids is 2. The number of nitrogens with one attached hydrogen (secondary N) is 3. The highest BCUT2D eigenvalue weighted by molar-refractivity contribution is 9.10. The molecule has 0 atom stereocenters. The normalized spacial score (nSPS) is 10.2. The Morgan fingerprint density at radius 2 is 1.92 bits per heavy atom. The van der Waals surface area contributed by atoms with E-state index in [9.17, 15) is 19.2 Å². The topological polar surface area (TPSA) is 113 Å². The zero-order chi connectivity index (χ0) is 17.7. The van der Waals surface area contributed by atoms with Crippen LogP contribution in [-0.2, 0) is 16.1 Å². The van der Waals surface area contributed by atoms with Gasteiger partial charge < -0.3 is 10.6 Å². The second kappa shape index (κ2) is 7.73. The summed E-state index contributed by atoms with van der Waals surface area (Å²) in [7, 11) is 0. The van der Waals surface area contributed by atoms with Crippen LogP contribution >= 0.6 is 15.9 Å². The van der Waals surface area contributed by atoms with Gasteiger partial charge in [0.15, 0.2) is 0 Å². The summed E-state index contributed by atoms with van der Waals surface area (Å²) in [6, 6.07) is 7.53. The predicted octanol–water partition coefficient (Wildman–Crippen LogP) is 0.362. The van der Waals surface area contributed by atoms with Crippen LogP contribution in [-0.4, -0.2) is 28.1 Å². The maximum Gasteiger partial charge on any atom is 0.265 e. The van der Waals surface area contributed by atoms with Gasteiger partial charge in [-0.3, -0.25) is 24.3 Å². The molecule has 1 aromatic carbocycles. The first-order valence-corrected chi connectivity index (χ1v) is 7.77. The molecule has 2 rings (SSSR count). The average molecular weight is 395 g/mol. The highest BCUT2D eigenvalue weighted by atomic mass is 79.9. The first-order valence-electron chi connectivity index (χ1n) is 6.98. The molecule has 0 aliphatic heterocycles. The van der Waals surface area contributed by atoms with Crippen molar-refractivity contribution in [3.8, 4) is 0 Å². The van der Waals surface area contributed by atoms with E-state index in [0.29, 0.717) is 5.69 Å². The van der Waals surface area contributed by atoms with Gasteiger partial charge in [0.25, 0.3) is 11.1 Å². The highest BCUT2D eigenvalue weighted by Crippen LogP contribution is 2.19.